The minimum absolute atomic E-state index is 0.0112. The normalized spacial score (nSPS) is 29.4. The highest BCUT2D eigenvalue weighted by molar-refractivity contribution is 5.35. The first-order valence-corrected chi connectivity index (χ1v) is 12.1. The van der Waals surface area contributed by atoms with Crippen LogP contribution in [0.3, 0.4) is 0 Å². The van der Waals surface area contributed by atoms with Crippen LogP contribution in [-0.2, 0) is 0 Å². The molecule has 5 rings (SSSR count). The molecule has 4 aliphatic rings. The van der Waals surface area contributed by atoms with E-state index in [1.54, 1.807) is 0 Å². The zero-order valence-electron chi connectivity index (χ0n) is 17.9. The first-order valence-electron chi connectivity index (χ1n) is 12.1. The van der Waals surface area contributed by atoms with Gasteiger partial charge < -0.3 is 9.47 Å². The summed E-state index contributed by atoms with van der Waals surface area (Å²) in [5, 5.41) is 0. The molecule has 0 N–H and O–H groups in total. The van der Waals surface area contributed by atoms with E-state index in [9.17, 15) is 8.78 Å². The lowest BCUT2D eigenvalue weighted by Gasteiger charge is -2.35. The molecule has 0 saturated heterocycles. The molecular weight excluding hydrogens is 382 g/mol. The number of allylic oxidation sites excluding steroid dienone is 1. The van der Waals surface area contributed by atoms with Gasteiger partial charge in [-0.05, 0) is 118 Å². The molecule has 3 saturated carbocycles. The second-order valence-corrected chi connectivity index (χ2v) is 10.1. The molecule has 2 nitrogen and oxygen atoms in total. The van der Waals surface area contributed by atoms with Gasteiger partial charge in [-0.25, -0.2) is 0 Å². The predicted octanol–water partition coefficient (Wildman–Crippen LogP) is 7.08. The lowest BCUT2D eigenvalue weighted by Crippen LogP contribution is -2.24. The maximum absolute atomic E-state index is 14.4. The van der Waals surface area contributed by atoms with Gasteiger partial charge in [-0.2, -0.15) is 8.78 Å². The molecular formula is C26H34F2O2. The van der Waals surface area contributed by atoms with E-state index in [4.69, 9.17) is 9.47 Å². The SMILES string of the molecule is Fc1c(OCC2=CCC(C3CCC(C4CC4)CC3)CC2)ccc(OCC2CC2)c1F. The van der Waals surface area contributed by atoms with E-state index >= 15 is 0 Å². The van der Waals surface area contributed by atoms with Crippen LogP contribution in [-0.4, -0.2) is 13.2 Å². The van der Waals surface area contributed by atoms with E-state index in [0.717, 1.165) is 49.4 Å². The molecule has 164 valence electrons. The van der Waals surface area contributed by atoms with Gasteiger partial charge in [-0.15, -0.1) is 0 Å². The van der Waals surface area contributed by atoms with E-state index in [0.29, 0.717) is 19.1 Å². The Morgan fingerprint density at radius 2 is 1.27 bits per heavy atom. The molecule has 1 aromatic carbocycles. The van der Waals surface area contributed by atoms with E-state index in [-0.39, 0.29) is 11.5 Å². The highest BCUT2D eigenvalue weighted by atomic mass is 19.2. The largest absolute Gasteiger partial charge is 0.490 e. The summed E-state index contributed by atoms with van der Waals surface area (Å²) in [6, 6.07) is 2.98. The Morgan fingerprint density at radius 3 is 1.80 bits per heavy atom. The molecule has 4 heteroatoms. The van der Waals surface area contributed by atoms with Crippen LogP contribution >= 0.6 is 0 Å². The lowest BCUT2D eigenvalue weighted by molar-refractivity contribution is 0.179. The fourth-order valence-electron chi connectivity index (χ4n) is 5.52. The van der Waals surface area contributed by atoms with Crippen molar-refractivity contribution in [2.24, 2.45) is 29.6 Å². The average molecular weight is 417 g/mol. The minimum Gasteiger partial charge on any atom is -0.490 e. The molecule has 0 aliphatic heterocycles. The van der Waals surface area contributed by atoms with Crippen LogP contribution in [0, 0.1) is 41.2 Å². The van der Waals surface area contributed by atoms with Crippen molar-refractivity contribution >= 4 is 0 Å². The first-order chi connectivity index (χ1) is 14.7. The predicted molar refractivity (Wildman–Crippen MR) is 114 cm³/mol. The Labute approximate surface area is 179 Å². The van der Waals surface area contributed by atoms with Gasteiger partial charge in [0.1, 0.15) is 6.61 Å². The van der Waals surface area contributed by atoms with Gasteiger partial charge in [0.25, 0.3) is 0 Å². The smallest absolute Gasteiger partial charge is 0.204 e. The molecule has 1 unspecified atom stereocenters. The maximum Gasteiger partial charge on any atom is 0.204 e. The molecule has 0 radical (unpaired) electrons. The first kappa shape index (κ1) is 20.3. The van der Waals surface area contributed by atoms with Crippen LogP contribution < -0.4 is 9.47 Å². The summed E-state index contributed by atoms with van der Waals surface area (Å²) in [6.45, 7) is 0.812. The van der Waals surface area contributed by atoms with Crippen molar-refractivity contribution in [3.05, 3.63) is 35.4 Å². The van der Waals surface area contributed by atoms with Gasteiger partial charge in [0.15, 0.2) is 11.5 Å². The van der Waals surface area contributed by atoms with Crippen molar-refractivity contribution in [1.29, 1.82) is 0 Å². The number of hydrogen-bond acceptors (Lipinski definition) is 2. The van der Waals surface area contributed by atoms with E-state index in [1.807, 2.05) is 0 Å². The number of benzene rings is 1. The summed E-state index contributed by atoms with van der Waals surface area (Å²) in [5.41, 5.74) is 1.21. The van der Waals surface area contributed by atoms with E-state index in [2.05, 4.69) is 6.08 Å². The van der Waals surface area contributed by atoms with Gasteiger partial charge in [0.05, 0.1) is 6.61 Å². The third kappa shape index (κ3) is 4.84. The molecule has 0 heterocycles. The van der Waals surface area contributed by atoms with Crippen molar-refractivity contribution < 1.29 is 18.3 Å². The summed E-state index contributed by atoms with van der Waals surface area (Å²) in [5.74, 6) is 2.35. The second kappa shape index (κ2) is 8.88. The molecule has 0 aromatic heterocycles. The van der Waals surface area contributed by atoms with Gasteiger partial charge in [-0.3, -0.25) is 0 Å². The van der Waals surface area contributed by atoms with Crippen molar-refractivity contribution in [3.8, 4) is 11.5 Å². The molecule has 0 amide bonds. The minimum atomic E-state index is -0.940. The molecule has 30 heavy (non-hydrogen) atoms. The third-order valence-corrected chi connectivity index (χ3v) is 7.91. The molecule has 1 aromatic rings. The average Bonchev–Trinajstić information content (AvgIpc) is 3.69. The number of rotatable bonds is 8. The summed E-state index contributed by atoms with van der Waals surface area (Å²) < 4.78 is 39.6. The maximum atomic E-state index is 14.4. The Bertz CT molecular complexity index is 773. The fraction of sp³-hybridized carbons (Fsp3) is 0.692. The number of hydrogen-bond donors (Lipinski definition) is 0. The zero-order chi connectivity index (χ0) is 20.5. The van der Waals surface area contributed by atoms with Gasteiger partial charge in [0.2, 0.25) is 11.6 Å². The molecule has 3 fully saturated rings. The molecule has 0 spiro atoms. The van der Waals surface area contributed by atoms with Crippen LogP contribution in [0.5, 0.6) is 11.5 Å². The second-order valence-electron chi connectivity index (χ2n) is 10.1. The van der Waals surface area contributed by atoms with Crippen LogP contribution in [0.1, 0.15) is 70.6 Å². The topological polar surface area (TPSA) is 18.5 Å². The van der Waals surface area contributed by atoms with Gasteiger partial charge in [0, 0.05) is 0 Å². The Morgan fingerprint density at radius 1 is 0.700 bits per heavy atom. The van der Waals surface area contributed by atoms with Crippen LogP contribution in [0.15, 0.2) is 23.8 Å². The third-order valence-electron chi connectivity index (χ3n) is 7.91. The van der Waals surface area contributed by atoms with Gasteiger partial charge in [-0.1, -0.05) is 6.08 Å². The van der Waals surface area contributed by atoms with E-state index < -0.39 is 11.6 Å². The number of ether oxygens (including phenoxy) is 2. The van der Waals surface area contributed by atoms with Crippen molar-refractivity contribution in [3.63, 3.8) is 0 Å². The summed E-state index contributed by atoms with van der Waals surface area (Å²) >= 11 is 0. The lowest BCUT2D eigenvalue weighted by atomic mass is 9.70. The van der Waals surface area contributed by atoms with Crippen molar-refractivity contribution in [1.82, 2.24) is 0 Å². The van der Waals surface area contributed by atoms with Gasteiger partial charge >= 0.3 is 0 Å². The van der Waals surface area contributed by atoms with Crippen LogP contribution in [0.4, 0.5) is 8.78 Å². The quantitative estimate of drug-likeness (QED) is 0.422. The highest BCUT2D eigenvalue weighted by Gasteiger charge is 2.36. The summed E-state index contributed by atoms with van der Waals surface area (Å²) in [7, 11) is 0. The monoisotopic (exact) mass is 416 g/mol. The molecule has 4 aliphatic carbocycles. The Balaban J connectivity index is 1.09. The highest BCUT2D eigenvalue weighted by Crippen LogP contribution is 2.47. The summed E-state index contributed by atoms with van der Waals surface area (Å²) in [4.78, 5) is 0. The standard InChI is InChI=1S/C26H34F2O2/c27-25-23(29-15-17-1-2-17)13-14-24(26(25)28)30-16-18-3-5-19(6-4-18)20-7-9-21(10-8-20)22-11-12-22/h3,13-14,17,19-22H,1-2,4-12,15-16H2. The zero-order valence-corrected chi connectivity index (χ0v) is 17.9. The Kier molecular flexibility index (Phi) is 6.02. The van der Waals surface area contributed by atoms with E-state index in [1.165, 1.54) is 62.7 Å². The van der Waals surface area contributed by atoms with Crippen molar-refractivity contribution in [2.45, 2.75) is 70.6 Å². The van der Waals surface area contributed by atoms with Crippen LogP contribution in [0.25, 0.3) is 0 Å². The fourth-order valence-corrected chi connectivity index (χ4v) is 5.52. The van der Waals surface area contributed by atoms with Crippen LogP contribution in [0.2, 0.25) is 0 Å². The Hall–Kier alpha value is -1.58. The van der Waals surface area contributed by atoms with Crippen molar-refractivity contribution in [2.75, 3.05) is 13.2 Å². The molecule has 1 atom stereocenters. The summed E-state index contributed by atoms with van der Waals surface area (Å²) in [6.07, 6.45) is 16.5. The number of halogens is 2. The molecule has 0 bridgehead atoms.